The molecular formula is C23H35N3O6. The summed E-state index contributed by atoms with van der Waals surface area (Å²) in [4.78, 5) is 51.2. The van der Waals surface area contributed by atoms with Gasteiger partial charge in [0.1, 0.15) is 24.7 Å². The Morgan fingerprint density at radius 1 is 0.969 bits per heavy atom. The van der Waals surface area contributed by atoms with E-state index < -0.39 is 35.5 Å². The molecule has 1 atom stereocenters. The third-order valence-corrected chi connectivity index (χ3v) is 4.35. The molecule has 1 rings (SSSR count). The van der Waals surface area contributed by atoms with Crippen molar-refractivity contribution in [3.8, 4) is 0 Å². The Kier molecular flexibility index (Phi) is 9.68. The summed E-state index contributed by atoms with van der Waals surface area (Å²) in [6, 6.07) is 4.21. The van der Waals surface area contributed by atoms with Crippen LogP contribution in [0.15, 0.2) is 18.2 Å². The number of benzene rings is 1. The van der Waals surface area contributed by atoms with E-state index in [9.17, 15) is 19.2 Å². The zero-order valence-corrected chi connectivity index (χ0v) is 20.2. The number of hydrogen-bond donors (Lipinski definition) is 2. The maximum Gasteiger partial charge on any atom is 0.408 e. The Bertz CT molecular complexity index is 824. The van der Waals surface area contributed by atoms with Crippen molar-refractivity contribution in [2.24, 2.45) is 0 Å². The van der Waals surface area contributed by atoms with Crippen LogP contribution < -0.4 is 10.6 Å². The lowest BCUT2D eigenvalue weighted by Crippen LogP contribution is -2.51. The molecule has 0 spiro atoms. The molecule has 0 aliphatic heterocycles. The van der Waals surface area contributed by atoms with Crippen molar-refractivity contribution in [3.63, 3.8) is 0 Å². The van der Waals surface area contributed by atoms with E-state index in [0.717, 1.165) is 11.1 Å². The lowest BCUT2D eigenvalue weighted by atomic mass is 9.98. The quantitative estimate of drug-likeness (QED) is 0.589. The molecule has 3 amide bonds. The summed E-state index contributed by atoms with van der Waals surface area (Å²) in [5.74, 6) is -1.60. The SMILES string of the molecule is COC(=O)CNC(=O)C(c1cc(C)cc(C)c1)N(C(=O)CNC(=O)OC(C)(C)C)C(C)C. The highest BCUT2D eigenvalue weighted by molar-refractivity contribution is 5.92. The van der Waals surface area contributed by atoms with Crippen molar-refractivity contribution in [1.82, 2.24) is 15.5 Å². The molecule has 0 saturated heterocycles. The number of ether oxygens (including phenoxy) is 2. The second-order valence-corrected chi connectivity index (χ2v) is 8.87. The van der Waals surface area contributed by atoms with Gasteiger partial charge in [0.2, 0.25) is 11.8 Å². The van der Waals surface area contributed by atoms with Gasteiger partial charge in [0.15, 0.2) is 0 Å². The average Bonchev–Trinajstić information content (AvgIpc) is 2.65. The first kappa shape index (κ1) is 26.9. The van der Waals surface area contributed by atoms with Crippen LogP contribution in [0.3, 0.4) is 0 Å². The molecule has 32 heavy (non-hydrogen) atoms. The number of alkyl carbamates (subject to hydrolysis) is 1. The van der Waals surface area contributed by atoms with Gasteiger partial charge in [-0.2, -0.15) is 0 Å². The number of nitrogens with one attached hydrogen (secondary N) is 2. The van der Waals surface area contributed by atoms with E-state index in [1.807, 2.05) is 32.0 Å². The number of esters is 1. The fraction of sp³-hybridized carbons (Fsp3) is 0.565. The standard InChI is InChI=1S/C23H35N3O6/c1-14(2)26(18(27)12-25-22(30)32-23(5,6)7)20(21(29)24-13-19(28)31-8)17-10-15(3)9-16(4)11-17/h9-11,14,20H,12-13H2,1-8H3,(H,24,29)(H,25,30). The molecule has 9 heteroatoms. The molecular weight excluding hydrogens is 414 g/mol. The van der Waals surface area contributed by atoms with E-state index in [1.165, 1.54) is 12.0 Å². The van der Waals surface area contributed by atoms with Crippen molar-refractivity contribution in [2.75, 3.05) is 20.2 Å². The largest absolute Gasteiger partial charge is 0.468 e. The van der Waals surface area contributed by atoms with Crippen LogP contribution in [0.4, 0.5) is 4.79 Å². The minimum atomic E-state index is -1.01. The van der Waals surface area contributed by atoms with Crippen LogP contribution in [0.5, 0.6) is 0 Å². The molecule has 1 unspecified atom stereocenters. The first-order valence-corrected chi connectivity index (χ1v) is 10.5. The molecule has 0 fully saturated rings. The van der Waals surface area contributed by atoms with Gasteiger partial charge in [-0.3, -0.25) is 14.4 Å². The second kappa shape index (κ2) is 11.5. The molecule has 0 radical (unpaired) electrons. The Morgan fingerprint density at radius 3 is 2.00 bits per heavy atom. The Balaban J connectivity index is 3.23. The molecule has 0 bridgehead atoms. The van der Waals surface area contributed by atoms with Gasteiger partial charge >= 0.3 is 12.1 Å². The molecule has 2 N–H and O–H groups in total. The lowest BCUT2D eigenvalue weighted by Gasteiger charge is -2.35. The predicted octanol–water partition coefficient (Wildman–Crippen LogP) is 2.40. The topological polar surface area (TPSA) is 114 Å². The number of amides is 3. The van der Waals surface area contributed by atoms with Gasteiger partial charge < -0.3 is 25.0 Å². The zero-order valence-electron chi connectivity index (χ0n) is 20.2. The maximum atomic E-state index is 13.1. The first-order chi connectivity index (χ1) is 14.7. The summed E-state index contributed by atoms with van der Waals surface area (Å²) >= 11 is 0. The van der Waals surface area contributed by atoms with Gasteiger partial charge in [-0.25, -0.2) is 4.79 Å². The maximum absolute atomic E-state index is 13.1. The van der Waals surface area contributed by atoms with Crippen LogP contribution in [0.25, 0.3) is 0 Å². The van der Waals surface area contributed by atoms with E-state index in [1.54, 1.807) is 34.6 Å². The molecule has 0 aliphatic carbocycles. The smallest absolute Gasteiger partial charge is 0.408 e. The van der Waals surface area contributed by atoms with Gasteiger partial charge in [-0.15, -0.1) is 0 Å². The normalized spacial score (nSPS) is 12.0. The van der Waals surface area contributed by atoms with Crippen LogP contribution >= 0.6 is 0 Å². The van der Waals surface area contributed by atoms with Crippen LogP contribution in [0.1, 0.15) is 57.4 Å². The zero-order chi connectivity index (χ0) is 24.6. The number of aryl methyl sites for hydroxylation is 2. The van der Waals surface area contributed by atoms with Crippen LogP contribution in [0, 0.1) is 13.8 Å². The van der Waals surface area contributed by atoms with Gasteiger partial charge in [-0.1, -0.05) is 29.3 Å². The first-order valence-electron chi connectivity index (χ1n) is 10.5. The van der Waals surface area contributed by atoms with E-state index in [2.05, 4.69) is 15.4 Å². The van der Waals surface area contributed by atoms with Crippen molar-refractivity contribution >= 4 is 23.9 Å². The third kappa shape index (κ3) is 8.56. The highest BCUT2D eigenvalue weighted by Gasteiger charge is 2.34. The second-order valence-electron chi connectivity index (χ2n) is 8.87. The van der Waals surface area contributed by atoms with Crippen LogP contribution in [0.2, 0.25) is 0 Å². The Morgan fingerprint density at radius 2 is 1.53 bits per heavy atom. The molecule has 1 aromatic rings. The van der Waals surface area contributed by atoms with Crippen LogP contribution in [-0.4, -0.2) is 60.6 Å². The molecule has 0 heterocycles. The summed E-state index contributed by atoms with van der Waals surface area (Å²) in [5.41, 5.74) is 1.74. The number of rotatable bonds is 8. The Hall–Kier alpha value is -3.10. The monoisotopic (exact) mass is 449 g/mol. The summed E-state index contributed by atoms with van der Waals surface area (Å²) in [6.07, 6.45) is -0.729. The summed E-state index contributed by atoms with van der Waals surface area (Å²) in [7, 11) is 1.22. The van der Waals surface area contributed by atoms with Crippen molar-refractivity contribution in [2.45, 2.75) is 66.2 Å². The molecule has 9 nitrogen and oxygen atoms in total. The minimum absolute atomic E-state index is 0.326. The minimum Gasteiger partial charge on any atom is -0.468 e. The summed E-state index contributed by atoms with van der Waals surface area (Å²) in [5, 5.41) is 4.98. The molecule has 0 aliphatic rings. The molecule has 0 aromatic heterocycles. The van der Waals surface area contributed by atoms with Crippen molar-refractivity contribution < 1.29 is 28.7 Å². The summed E-state index contributed by atoms with van der Waals surface area (Å²) in [6.45, 7) is 11.8. The highest BCUT2D eigenvalue weighted by Crippen LogP contribution is 2.26. The van der Waals surface area contributed by atoms with Crippen LogP contribution in [-0.2, 0) is 23.9 Å². The van der Waals surface area contributed by atoms with E-state index >= 15 is 0 Å². The van der Waals surface area contributed by atoms with E-state index in [4.69, 9.17) is 4.74 Å². The molecule has 0 saturated carbocycles. The molecule has 1 aromatic carbocycles. The summed E-state index contributed by atoms with van der Waals surface area (Å²) < 4.78 is 9.77. The van der Waals surface area contributed by atoms with Gasteiger partial charge in [0.25, 0.3) is 0 Å². The highest BCUT2D eigenvalue weighted by atomic mass is 16.6. The van der Waals surface area contributed by atoms with Crippen molar-refractivity contribution in [1.29, 1.82) is 0 Å². The van der Waals surface area contributed by atoms with Crippen molar-refractivity contribution in [3.05, 3.63) is 34.9 Å². The number of methoxy groups -OCH3 is 1. The van der Waals surface area contributed by atoms with Gasteiger partial charge in [0, 0.05) is 6.04 Å². The van der Waals surface area contributed by atoms with Gasteiger partial charge in [-0.05, 0) is 54.0 Å². The van der Waals surface area contributed by atoms with E-state index in [-0.39, 0.29) is 19.1 Å². The number of carbonyl (C=O) groups excluding carboxylic acids is 4. The average molecular weight is 450 g/mol. The predicted molar refractivity (Wildman–Crippen MR) is 120 cm³/mol. The Labute approximate surface area is 189 Å². The molecule has 178 valence electrons. The third-order valence-electron chi connectivity index (χ3n) is 4.35. The van der Waals surface area contributed by atoms with Gasteiger partial charge in [0.05, 0.1) is 7.11 Å². The fourth-order valence-electron chi connectivity index (χ4n) is 3.22. The van der Waals surface area contributed by atoms with E-state index in [0.29, 0.717) is 5.56 Å². The lowest BCUT2D eigenvalue weighted by molar-refractivity contribution is -0.144. The number of carbonyl (C=O) groups is 4. The number of nitrogens with zero attached hydrogens (tertiary/aromatic N) is 1. The number of hydrogen-bond acceptors (Lipinski definition) is 6. The fourth-order valence-corrected chi connectivity index (χ4v) is 3.22.